The molecule has 2 aromatic rings. The minimum atomic E-state index is -5.85. The van der Waals surface area contributed by atoms with Gasteiger partial charge < -0.3 is 49.8 Å². The molecule has 0 spiro atoms. The van der Waals surface area contributed by atoms with Gasteiger partial charge in [-0.2, -0.15) is 8.62 Å². The fourth-order valence-electron chi connectivity index (χ4n) is 2.92. The van der Waals surface area contributed by atoms with Crippen LogP contribution in [0.25, 0.3) is 11.1 Å². The Hall–Kier alpha value is -1.33. The third-order valence-corrected chi connectivity index (χ3v) is 8.06. The van der Waals surface area contributed by atoms with Gasteiger partial charge in [-0.05, 0) is 6.92 Å². The maximum atomic E-state index is 11.9. The summed E-state index contributed by atoms with van der Waals surface area (Å²) >= 11 is 0. The van der Waals surface area contributed by atoms with Crippen LogP contribution in [0, 0.1) is 0 Å². The van der Waals surface area contributed by atoms with E-state index < -0.39 is 53.7 Å². The second-order valence-corrected chi connectivity index (χ2v) is 11.2. The summed E-state index contributed by atoms with van der Waals surface area (Å²) in [5, 5.41) is 31.2. The van der Waals surface area contributed by atoms with Crippen LogP contribution < -0.4 is 5.73 Å². The fourth-order valence-corrected chi connectivity index (χ4v) is 5.97. The summed E-state index contributed by atoms with van der Waals surface area (Å²) in [6, 6.07) is 1.42. The van der Waals surface area contributed by atoms with E-state index in [4.69, 9.17) is 29.6 Å². The summed E-state index contributed by atoms with van der Waals surface area (Å²) in [6.07, 6.45) is -6.91. The average molecular weight is 537 g/mol. The second kappa shape index (κ2) is 8.71. The Morgan fingerprint density at radius 1 is 1.15 bits per heavy atom. The third-order valence-electron chi connectivity index (χ3n) is 4.25. The Morgan fingerprint density at radius 2 is 1.79 bits per heavy atom. The highest BCUT2D eigenvalue weighted by Gasteiger charge is 2.57. The van der Waals surface area contributed by atoms with Gasteiger partial charge in [0.2, 0.25) is 0 Å². The van der Waals surface area contributed by atoms with Crippen molar-refractivity contribution in [3.05, 3.63) is 18.2 Å². The maximum absolute atomic E-state index is 11.9. The predicted molar refractivity (Wildman–Crippen MR) is 101 cm³/mol. The number of aliphatic hydroxyl groups excluding tert-OH is 2. The van der Waals surface area contributed by atoms with Crippen molar-refractivity contribution in [2.45, 2.75) is 37.1 Å². The number of nitrogens with zero attached hydrogens (tertiary/aromatic N) is 2. The van der Waals surface area contributed by atoms with Gasteiger partial charge in [-0.3, -0.25) is 4.52 Å². The van der Waals surface area contributed by atoms with E-state index in [0.29, 0.717) is 0 Å². The number of anilines is 1. The van der Waals surface area contributed by atoms with E-state index in [0.717, 1.165) is 6.92 Å². The number of hydrogen-bond donors (Lipinski definition) is 8. The second-order valence-electron chi connectivity index (χ2n) is 6.84. The molecule has 0 radical (unpaired) electrons. The molecule has 186 valence electrons. The van der Waals surface area contributed by atoms with Crippen LogP contribution in [0.4, 0.5) is 5.82 Å². The van der Waals surface area contributed by atoms with Crippen LogP contribution in [0.3, 0.4) is 0 Å². The van der Waals surface area contributed by atoms with Crippen LogP contribution in [0.1, 0.15) is 18.9 Å². The number of furan rings is 1. The quantitative estimate of drug-likeness (QED) is 0.148. The minimum absolute atomic E-state index is 0.126. The van der Waals surface area contributed by atoms with Crippen molar-refractivity contribution in [3.8, 4) is 0 Å². The molecule has 0 aliphatic carbocycles. The van der Waals surface area contributed by atoms with Crippen molar-refractivity contribution in [2.24, 2.45) is 0 Å². The van der Waals surface area contributed by atoms with E-state index in [2.05, 4.69) is 23.1 Å². The number of aliphatic hydroxyl groups is 3. The molecule has 3 heterocycles. The number of ether oxygens (including phenoxy) is 1. The number of phosphoric acid groups is 3. The zero-order valence-corrected chi connectivity index (χ0v) is 18.9. The molecular weight excluding hydrogens is 519 g/mol. The van der Waals surface area contributed by atoms with Crippen molar-refractivity contribution < 1.29 is 70.9 Å². The number of aromatic nitrogens is 2. The lowest BCUT2D eigenvalue weighted by molar-refractivity contribution is -0.154. The first-order valence-corrected chi connectivity index (χ1v) is 13.0. The highest BCUT2D eigenvalue weighted by Crippen LogP contribution is 2.66. The standard InChI is InChI=1S/C12H18N3O15P3/c1-12(18)7(16)6(11(17)28-32(22,23)30-33(24,25)29-31(19,20)21)27-8(12)10-14-4-2-3-26-5(4)9(13)15-10/h2-3,6-8,11,16-18H,1H3,(H,22,23)(H,24,25)(H2,13,14,15)(H2,19,20,21)/t6-,7+,8?,11?,12+/m0/s1. The predicted octanol–water partition coefficient (Wildman–Crippen LogP) is -0.982. The molecule has 0 saturated carbocycles. The van der Waals surface area contributed by atoms with Crippen LogP contribution in [-0.4, -0.2) is 69.0 Å². The third kappa shape index (κ3) is 5.85. The van der Waals surface area contributed by atoms with E-state index in [1.807, 2.05) is 0 Å². The van der Waals surface area contributed by atoms with E-state index >= 15 is 0 Å². The van der Waals surface area contributed by atoms with Gasteiger partial charge in [0, 0.05) is 6.07 Å². The number of fused-ring (bicyclic) bond motifs is 1. The molecule has 0 bridgehead atoms. The lowest BCUT2D eigenvalue weighted by Crippen LogP contribution is -2.46. The first-order chi connectivity index (χ1) is 14.9. The molecule has 3 rings (SSSR count). The van der Waals surface area contributed by atoms with Gasteiger partial charge in [0.1, 0.15) is 29.4 Å². The Kier molecular flexibility index (Phi) is 6.94. The number of nitrogen functional groups attached to an aromatic ring is 1. The fraction of sp³-hybridized carbons (Fsp3) is 0.500. The highest BCUT2D eigenvalue weighted by atomic mass is 31.3. The summed E-state index contributed by atoms with van der Waals surface area (Å²) in [5.74, 6) is -0.412. The molecule has 1 aliphatic heterocycles. The van der Waals surface area contributed by atoms with Crippen LogP contribution >= 0.6 is 23.5 Å². The van der Waals surface area contributed by atoms with Gasteiger partial charge in [-0.25, -0.2) is 23.7 Å². The van der Waals surface area contributed by atoms with Gasteiger partial charge in [0.25, 0.3) is 0 Å². The lowest BCUT2D eigenvalue weighted by Gasteiger charge is -2.26. The zero-order chi connectivity index (χ0) is 25.0. The molecule has 2 aromatic heterocycles. The minimum Gasteiger partial charge on any atom is -0.459 e. The van der Waals surface area contributed by atoms with E-state index in [9.17, 15) is 33.9 Å². The van der Waals surface area contributed by atoms with Crippen molar-refractivity contribution >= 4 is 40.4 Å². The summed E-state index contributed by atoms with van der Waals surface area (Å²) in [5.41, 5.74) is 3.86. The number of nitrogens with two attached hydrogens (primary N) is 1. The van der Waals surface area contributed by atoms with E-state index in [-0.39, 0.29) is 22.7 Å². The zero-order valence-electron chi connectivity index (χ0n) is 16.2. The number of rotatable bonds is 8. The molecule has 18 nitrogen and oxygen atoms in total. The van der Waals surface area contributed by atoms with Crippen molar-refractivity contribution in [3.63, 3.8) is 0 Å². The van der Waals surface area contributed by atoms with Gasteiger partial charge >= 0.3 is 23.5 Å². The number of phosphoric ester groups is 1. The SMILES string of the molecule is C[C@]1(O)C(c2nc(N)c3occc3n2)O[C@H](C(O)OP(=O)(O)OP(=O)(O)OP(=O)(O)O)[C@H]1O. The molecule has 33 heavy (non-hydrogen) atoms. The monoisotopic (exact) mass is 537 g/mol. The van der Waals surface area contributed by atoms with Crippen LogP contribution in [0.5, 0.6) is 0 Å². The summed E-state index contributed by atoms with van der Waals surface area (Å²) in [4.78, 5) is 43.7. The topological polar surface area (TPSA) is 295 Å². The summed E-state index contributed by atoms with van der Waals surface area (Å²) in [6.45, 7) is 1.05. The lowest BCUT2D eigenvalue weighted by atomic mass is 9.92. The molecule has 0 aromatic carbocycles. The Morgan fingerprint density at radius 3 is 2.39 bits per heavy atom. The molecule has 4 unspecified atom stereocenters. The van der Waals surface area contributed by atoms with Gasteiger partial charge in [-0.15, -0.1) is 0 Å². The molecule has 0 amide bonds. The highest BCUT2D eigenvalue weighted by molar-refractivity contribution is 7.66. The van der Waals surface area contributed by atoms with E-state index in [1.165, 1.54) is 12.3 Å². The van der Waals surface area contributed by atoms with Crippen molar-refractivity contribution in [1.29, 1.82) is 0 Å². The Labute approximate surface area is 183 Å². The van der Waals surface area contributed by atoms with Crippen LogP contribution in [0.2, 0.25) is 0 Å². The summed E-state index contributed by atoms with van der Waals surface area (Å²) < 4.78 is 55.6. The molecule has 1 fully saturated rings. The number of hydrogen-bond acceptors (Lipinski definition) is 14. The molecule has 1 aliphatic rings. The molecule has 7 atom stereocenters. The van der Waals surface area contributed by atoms with Crippen LogP contribution in [-0.2, 0) is 31.6 Å². The normalized spacial score (nSPS) is 30.7. The average Bonchev–Trinajstić information content (AvgIpc) is 3.14. The molecule has 21 heteroatoms. The Bertz CT molecular complexity index is 1180. The van der Waals surface area contributed by atoms with Gasteiger partial charge in [0.15, 0.2) is 23.5 Å². The molecule has 9 N–H and O–H groups in total. The largest absolute Gasteiger partial charge is 0.490 e. The van der Waals surface area contributed by atoms with E-state index in [1.54, 1.807) is 0 Å². The van der Waals surface area contributed by atoms with Crippen molar-refractivity contribution in [1.82, 2.24) is 9.97 Å². The maximum Gasteiger partial charge on any atom is 0.490 e. The summed E-state index contributed by atoms with van der Waals surface area (Å²) in [7, 11) is -17.3. The first kappa shape index (κ1) is 26.3. The van der Waals surface area contributed by atoms with Gasteiger partial charge in [-0.1, -0.05) is 0 Å². The first-order valence-electron chi connectivity index (χ1n) is 8.49. The van der Waals surface area contributed by atoms with Crippen molar-refractivity contribution in [2.75, 3.05) is 5.73 Å². The Balaban J connectivity index is 1.79. The molecule has 1 saturated heterocycles. The van der Waals surface area contributed by atoms with Gasteiger partial charge in [0.05, 0.1) is 6.26 Å². The molecular formula is C12H18N3O15P3. The van der Waals surface area contributed by atoms with Crippen LogP contribution in [0.15, 0.2) is 16.7 Å². The smallest absolute Gasteiger partial charge is 0.459 e.